The SMILES string of the molecule is Cc1cccnc1C(=O)Cc1ccc2ccccc2n1. The summed E-state index contributed by atoms with van der Waals surface area (Å²) in [6.07, 6.45) is 1.93. The molecule has 20 heavy (non-hydrogen) atoms. The van der Waals surface area contributed by atoms with Gasteiger partial charge >= 0.3 is 0 Å². The number of Topliss-reactive ketones (excluding diaryl/α,β-unsaturated/α-hetero) is 1. The van der Waals surface area contributed by atoms with Crippen molar-refractivity contribution in [2.75, 3.05) is 0 Å². The van der Waals surface area contributed by atoms with E-state index in [4.69, 9.17) is 0 Å². The van der Waals surface area contributed by atoms with Crippen LogP contribution < -0.4 is 0 Å². The predicted octanol–water partition coefficient (Wildman–Crippen LogP) is 3.36. The third-order valence-corrected chi connectivity index (χ3v) is 3.27. The highest BCUT2D eigenvalue weighted by Crippen LogP contribution is 2.14. The van der Waals surface area contributed by atoms with Crippen LogP contribution in [0.5, 0.6) is 0 Å². The van der Waals surface area contributed by atoms with Crippen molar-refractivity contribution in [3.63, 3.8) is 0 Å². The topological polar surface area (TPSA) is 42.9 Å². The number of ketones is 1. The molecule has 2 heterocycles. The summed E-state index contributed by atoms with van der Waals surface area (Å²) < 4.78 is 0. The largest absolute Gasteiger partial charge is 0.292 e. The summed E-state index contributed by atoms with van der Waals surface area (Å²) in [4.78, 5) is 20.9. The van der Waals surface area contributed by atoms with Gasteiger partial charge in [0.05, 0.1) is 11.9 Å². The molecule has 0 unspecified atom stereocenters. The summed E-state index contributed by atoms with van der Waals surface area (Å²) in [6.45, 7) is 1.90. The van der Waals surface area contributed by atoms with Crippen LogP contribution in [0.1, 0.15) is 21.7 Å². The highest BCUT2D eigenvalue weighted by molar-refractivity contribution is 5.97. The Hall–Kier alpha value is -2.55. The molecule has 0 aliphatic carbocycles. The number of carbonyl (C=O) groups is 1. The second-order valence-electron chi connectivity index (χ2n) is 4.76. The van der Waals surface area contributed by atoms with Crippen LogP contribution in [0, 0.1) is 6.92 Å². The lowest BCUT2D eigenvalue weighted by molar-refractivity contribution is 0.0986. The van der Waals surface area contributed by atoms with E-state index in [1.54, 1.807) is 6.20 Å². The number of benzene rings is 1. The smallest absolute Gasteiger partial charge is 0.187 e. The van der Waals surface area contributed by atoms with Gasteiger partial charge in [0.2, 0.25) is 0 Å². The van der Waals surface area contributed by atoms with Crippen molar-refractivity contribution in [1.82, 2.24) is 9.97 Å². The third-order valence-electron chi connectivity index (χ3n) is 3.27. The van der Waals surface area contributed by atoms with E-state index in [0.29, 0.717) is 5.69 Å². The first kappa shape index (κ1) is 12.5. The fourth-order valence-electron chi connectivity index (χ4n) is 2.23. The average molecular weight is 262 g/mol. The number of nitrogens with zero attached hydrogens (tertiary/aromatic N) is 2. The Kier molecular flexibility index (Phi) is 3.25. The summed E-state index contributed by atoms with van der Waals surface area (Å²) in [5.74, 6) is 0.00545. The quantitative estimate of drug-likeness (QED) is 0.680. The van der Waals surface area contributed by atoms with E-state index >= 15 is 0 Å². The molecule has 98 valence electrons. The second-order valence-corrected chi connectivity index (χ2v) is 4.76. The van der Waals surface area contributed by atoms with Gasteiger partial charge in [0.15, 0.2) is 5.78 Å². The first-order valence-corrected chi connectivity index (χ1v) is 6.53. The zero-order chi connectivity index (χ0) is 13.9. The molecular weight excluding hydrogens is 248 g/mol. The minimum Gasteiger partial charge on any atom is -0.292 e. The van der Waals surface area contributed by atoms with Crippen LogP contribution in [0.3, 0.4) is 0 Å². The molecule has 3 heteroatoms. The minimum atomic E-state index is 0.00545. The number of aryl methyl sites for hydroxylation is 1. The Labute approximate surface area is 117 Å². The number of hydrogen-bond acceptors (Lipinski definition) is 3. The monoisotopic (exact) mass is 262 g/mol. The lowest BCUT2D eigenvalue weighted by Crippen LogP contribution is -2.09. The van der Waals surface area contributed by atoms with E-state index in [2.05, 4.69) is 9.97 Å². The molecule has 0 aliphatic rings. The molecule has 0 atom stereocenters. The van der Waals surface area contributed by atoms with Crippen molar-refractivity contribution < 1.29 is 4.79 Å². The molecule has 3 aromatic rings. The van der Waals surface area contributed by atoms with Gasteiger partial charge in [-0.15, -0.1) is 0 Å². The summed E-state index contributed by atoms with van der Waals surface area (Å²) in [5, 5.41) is 1.08. The lowest BCUT2D eigenvalue weighted by Gasteiger charge is -2.04. The van der Waals surface area contributed by atoms with E-state index in [1.807, 2.05) is 55.5 Å². The van der Waals surface area contributed by atoms with Gasteiger partial charge in [-0.2, -0.15) is 0 Å². The van der Waals surface area contributed by atoms with Gasteiger partial charge in [0.1, 0.15) is 5.69 Å². The molecule has 1 aromatic carbocycles. The van der Waals surface area contributed by atoms with E-state index < -0.39 is 0 Å². The maximum atomic E-state index is 12.3. The molecule has 2 aromatic heterocycles. The molecule has 0 spiro atoms. The lowest BCUT2D eigenvalue weighted by atomic mass is 10.1. The molecule has 0 radical (unpaired) electrons. The average Bonchev–Trinajstić information content (AvgIpc) is 2.47. The third kappa shape index (κ3) is 2.43. The molecule has 0 saturated heterocycles. The molecule has 0 fully saturated rings. The molecule has 3 nitrogen and oxygen atoms in total. The highest BCUT2D eigenvalue weighted by Gasteiger charge is 2.12. The zero-order valence-corrected chi connectivity index (χ0v) is 11.2. The van der Waals surface area contributed by atoms with Crippen molar-refractivity contribution in [1.29, 1.82) is 0 Å². The van der Waals surface area contributed by atoms with Gasteiger partial charge in [0.25, 0.3) is 0 Å². The molecule has 0 N–H and O–H groups in total. The molecule has 3 rings (SSSR count). The summed E-state index contributed by atoms with van der Waals surface area (Å²) in [7, 11) is 0. The van der Waals surface area contributed by atoms with Crippen LogP contribution in [-0.2, 0) is 6.42 Å². The minimum absolute atomic E-state index is 0.00545. The number of fused-ring (bicyclic) bond motifs is 1. The van der Waals surface area contributed by atoms with Crippen LogP contribution in [-0.4, -0.2) is 15.8 Å². The van der Waals surface area contributed by atoms with Crippen molar-refractivity contribution in [2.45, 2.75) is 13.3 Å². The first-order chi connectivity index (χ1) is 9.74. The Balaban J connectivity index is 1.89. The number of hydrogen-bond donors (Lipinski definition) is 0. The Morgan fingerprint density at radius 1 is 1.05 bits per heavy atom. The van der Waals surface area contributed by atoms with Crippen molar-refractivity contribution in [3.8, 4) is 0 Å². The summed E-state index contributed by atoms with van der Waals surface area (Å²) in [6, 6.07) is 15.5. The molecule has 0 bridgehead atoms. The Morgan fingerprint density at radius 2 is 1.90 bits per heavy atom. The fraction of sp³-hybridized carbons (Fsp3) is 0.118. The molecule has 0 aliphatic heterocycles. The van der Waals surface area contributed by atoms with Crippen LogP contribution in [0.2, 0.25) is 0 Å². The van der Waals surface area contributed by atoms with Gasteiger partial charge in [-0.1, -0.05) is 30.3 Å². The Morgan fingerprint density at radius 3 is 2.75 bits per heavy atom. The predicted molar refractivity (Wildman–Crippen MR) is 78.8 cm³/mol. The van der Waals surface area contributed by atoms with E-state index in [0.717, 1.165) is 22.2 Å². The van der Waals surface area contributed by atoms with Gasteiger partial charge < -0.3 is 0 Å². The van der Waals surface area contributed by atoms with E-state index in [9.17, 15) is 4.79 Å². The molecule has 0 amide bonds. The van der Waals surface area contributed by atoms with Gasteiger partial charge in [-0.25, -0.2) is 0 Å². The highest BCUT2D eigenvalue weighted by atomic mass is 16.1. The summed E-state index contributed by atoms with van der Waals surface area (Å²) in [5.41, 5.74) is 3.12. The van der Waals surface area contributed by atoms with Crippen molar-refractivity contribution in [2.24, 2.45) is 0 Å². The van der Waals surface area contributed by atoms with Crippen molar-refractivity contribution in [3.05, 3.63) is 71.7 Å². The van der Waals surface area contributed by atoms with Crippen LogP contribution in [0.4, 0.5) is 0 Å². The van der Waals surface area contributed by atoms with Gasteiger partial charge in [-0.3, -0.25) is 14.8 Å². The van der Waals surface area contributed by atoms with E-state index in [1.165, 1.54) is 0 Å². The number of carbonyl (C=O) groups excluding carboxylic acids is 1. The van der Waals surface area contributed by atoms with Crippen LogP contribution in [0.25, 0.3) is 10.9 Å². The van der Waals surface area contributed by atoms with Gasteiger partial charge in [0, 0.05) is 17.3 Å². The molecule has 0 saturated carbocycles. The number of pyridine rings is 2. The van der Waals surface area contributed by atoms with Crippen molar-refractivity contribution >= 4 is 16.7 Å². The van der Waals surface area contributed by atoms with Crippen LogP contribution >= 0.6 is 0 Å². The van der Waals surface area contributed by atoms with Crippen LogP contribution in [0.15, 0.2) is 54.7 Å². The Bertz CT molecular complexity index is 781. The second kappa shape index (κ2) is 5.21. The fourth-order valence-corrected chi connectivity index (χ4v) is 2.23. The van der Waals surface area contributed by atoms with Gasteiger partial charge in [-0.05, 0) is 30.7 Å². The number of rotatable bonds is 3. The summed E-state index contributed by atoms with van der Waals surface area (Å²) >= 11 is 0. The maximum Gasteiger partial charge on any atom is 0.187 e. The molecular formula is C17H14N2O. The normalized spacial score (nSPS) is 10.7. The first-order valence-electron chi connectivity index (χ1n) is 6.53. The maximum absolute atomic E-state index is 12.3. The number of aromatic nitrogens is 2. The van der Waals surface area contributed by atoms with E-state index in [-0.39, 0.29) is 12.2 Å². The standard InChI is InChI=1S/C17H14N2O/c1-12-5-4-10-18-17(12)16(20)11-14-9-8-13-6-2-3-7-15(13)19-14/h2-10H,11H2,1H3. The zero-order valence-electron chi connectivity index (χ0n) is 11.2. The number of para-hydroxylation sites is 1.